The fraction of sp³-hybridized carbons (Fsp3) is 0.273. The van der Waals surface area contributed by atoms with E-state index in [1.165, 1.54) is 11.3 Å². The van der Waals surface area contributed by atoms with Gasteiger partial charge in [-0.1, -0.05) is 18.2 Å². The summed E-state index contributed by atoms with van der Waals surface area (Å²) in [4.78, 5) is 33.7. The van der Waals surface area contributed by atoms with Crippen molar-refractivity contribution in [3.63, 3.8) is 0 Å². The van der Waals surface area contributed by atoms with Gasteiger partial charge in [-0.25, -0.2) is 4.98 Å². The largest absolute Gasteiger partial charge is 0.336 e. The molecule has 1 amide bonds. The van der Waals surface area contributed by atoms with Crippen LogP contribution in [0.3, 0.4) is 0 Å². The van der Waals surface area contributed by atoms with E-state index >= 15 is 0 Å². The van der Waals surface area contributed by atoms with Gasteiger partial charge < -0.3 is 4.90 Å². The molecule has 0 N–H and O–H groups in total. The van der Waals surface area contributed by atoms with Gasteiger partial charge in [0.05, 0.1) is 21.8 Å². The van der Waals surface area contributed by atoms with Crippen LogP contribution in [0, 0.1) is 11.3 Å². The summed E-state index contributed by atoms with van der Waals surface area (Å²) in [6.45, 7) is 3.38. The number of ketones is 1. The average Bonchev–Trinajstić information content (AvgIpc) is 3.23. The highest BCUT2D eigenvalue weighted by Crippen LogP contribution is 2.22. The Morgan fingerprint density at radius 2 is 1.97 bits per heavy atom. The first-order chi connectivity index (χ1) is 14.1. The van der Waals surface area contributed by atoms with E-state index in [1.807, 2.05) is 36.1 Å². The molecule has 0 spiro atoms. The molecule has 3 aromatic rings. The molecule has 6 nitrogen and oxygen atoms in total. The Kier molecular flexibility index (Phi) is 5.38. The van der Waals surface area contributed by atoms with E-state index in [0.717, 1.165) is 10.2 Å². The number of carbonyl (C=O) groups excluding carboxylic acids is 2. The topological polar surface area (TPSA) is 77.3 Å². The standard InChI is InChI=1S/C22H20N4O2S/c1-15-13-25(22(28)16-5-3-2-4-6-16)9-10-26(15)19(12-23)21(27)17-7-8-20-18(11-17)24-14-29-20/h2-8,11,14-15,19H,9-10,13H2,1H3. The SMILES string of the molecule is CC1CN(C(=O)c2ccccc2)CCN1C(C#N)C(=O)c1ccc2scnc2c1. The molecule has 2 atom stereocenters. The molecule has 7 heteroatoms. The molecule has 2 heterocycles. The van der Waals surface area contributed by atoms with Crippen molar-refractivity contribution in [3.8, 4) is 6.07 Å². The van der Waals surface area contributed by atoms with Gasteiger partial charge in [0.2, 0.25) is 0 Å². The summed E-state index contributed by atoms with van der Waals surface area (Å²) in [5, 5.41) is 9.75. The van der Waals surface area contributed by atoms with E-state index in [4.69, 9.17) is 0 Å². The minimum absolute atomic E-state index is 0.0223. The zero-order valence-electron chi connectivity index (χ0n) is 16.0. The third-order valence-corrected chi connectivity index (χ3v) is 6.11. The highest BCUT2D eigenvalue weighted by atomic mass is 32.1. The smallest absolute Gasteiger partial charge is 0.253 e. The molecule has 2 aromatic carbocycles. The first-order valence-corrected chi connectivity index (χ1v) is 10.3. The van der Waals surface area contributed by atoms with E-state index in [2.05, 4.69) is 11.1 Å². The van der Waals surface area contributed by atoms with Gasteiger partial charge >= 0.3 is 0 Å². The van der Waals surface area contributed by atoms with E-state index in [1.54, 1.807) is 34.7 Å². The van der Waals surface area contributed by atoms with E-state index in [0.29, 0.717) is 30.8 Å². The van der Waals surface area contributed by atoms with Gasteiger partial charge in [0.15, 0.2) is 11.8 Å². The lowest BCUT2D eigenvalue weighted by atomic mass is 10.0. The first kappa shape index (κ1) is 19.2. The average molecular weight is 404 g/mol. The molecule has 0 radical (unpaired) electrons. The number of carbonyl (C=O) groups is 2. The maximum atomic E-state index is 13.1. The molecule has 0 aliphatic carbocycles. The highest BCUT2D eigenvalue weighted by molar-refractivity contribution is 7.16. The summed E-state index contributed by atoms with van der Waals surface area (Å²) < 4.78 is 1.01. The van der Waals surface area contributed by atoms with Crippen molar-refractivity contribution in [1.82, 2.24) is 14.8 Å². The molecule has 4 rings (SSSR count). The second-order valence-electron chi connectivity index (χ2n) is 7.13. The van der Waals surface area contributed by atoms with Gasteiger partial charge in [-0.15, -0.1) is 11.3 Å². The Morgan fingerprint density at radius 3 is 2.69 bits per heavy atom. The molecule has 0 saturated carbocycles. The summed E-state index contributed by atoms with van der Waals surface area (Å²) in [7, 11) is 0. The number of rotatable bonds is 4. The molecule has 1 fully saturated rings. The monoisotopic (exact) mass is 404 g/mol. The minimum Gasteiger partial charge on any atom is -0.336 e. The van der Waals surface area contributed by atoms with Crippen LogP contribution in [0.1, 0.15) is 27.6 Å². The van der Waals surface area contributed by atoms with Gasteiger partial charge in [-0.3, -0.25) is 14.5 Å². The van der Waals surface area contributed by atoms with Gasteiger partial charge in [-0.05, 0) is 37.3 Å². The number of nitrogens with zero attached hydrogens (tertiary/aromatic N) is 4. The van der Waals surface area contributed by atoms with Gasteiger partial charge in [0.1, 0.15) is 0 Å². The van der Waals surface area contributed by atoms with Crippen LogP contribution in [0.5, 0.6) is 0 Å². The van der Waals surface area contributed by atoms with Crippen LogP contribution in [0.25, 0.3) is 10.2 Å². The molecule has 1 saturated heterocycles. The van der Waals surface area contributed by atoms with Gasteiger partial charge in [0, 0.05) is 36.8 Å². The van der Waals surface area contributed by atoms with E-state index in [-0.39, 0.29) is 17.7 Å². The molecular weight excluding hydrogens is 384 g/mol. The van der Waals surface area contributed by atoms with Crippen LogP contribution < -0.4 is 0 Å². The molecule has 1 aliphatic rings. The van der Waals surface area contributed by atoms with Crippen LogP contribution in [0.15, 0.2) is 54.0 Å². The van der Waals surface area contributed by atoms with Gasteiger partial charge in [-0.2, -0.15) is 5.26 Å². The lowest BCUT2D eigenvalue weighted by Gasteiger charge is -2.41. The van der Waals surface area contributed by atoms with Crippen molar-refractivity contribution in [2.75, 3.05) is 19.6 Å². The third kappa shape index (κ3) is 3.77. The number of thiazole rings is 1. The fourth-order valence-corrected chi connectivity index (χ4v) is 4.41. The van der Waals surface area contributed by atoms with Crippen molar-refractivity contribution < 1.29 is 9.59 Å². The predicted octanol–water partition coefficient (Wildman–Crippen LogP) is 3.22. The Balaban J connectivity index is 1.49. The van der Waals surface area contributed by atoms with Crippen LogP contribution in [-0.2, 0) is 0 Å². The third-order valence-electron chi connectivity index (χ3n) is 5.30. The van der Waals surface area contributed by atoms with E-state index in [9.17, 15) is 14.9 Å². The zero-order valence-corrected chi connectivity index (χ0v) is 16.8. The van der Waals surface area contributed by atoms with Crippen LogP contribution >= 0.6 is 11.3 Å². The Morgan fingerprint density at radius 1 is 1.17 bits per heavy atom. The number of hydrogen-bond donors (Lipinski definition) is 0. The number of benzene rings is 2. The number of amides is 1. The van der Waals surface area contributed by atoms with E-state index < -0.39 is 6.04 Å². The number of nitriles is 1. The van der Waals surface area contributed by atoms with Crippen LogP contribution in [0.4, 0.5) is 0 Å². The quantitative estimate of drug-likeness (QED) is 0.624. The lowest BCUT2D eigenvalue weighted by molar-refractivity contribution is 0.0429. The van der Waals surface area contributed by atoms with Crippen LogP contribution in [-0.4, -0.2) is 58.2 Å². The first-order valence-electron chi connectivity index (χ1n) is 9.45. The number of piperazine rings is 1. The van der Waals surface area contributed by atoms with Crippen molar-refractivity contribution >= 4 is 33.2 Å². The predicted molar refractivity (Wildman–Crippen MR) is 112 cm³/mol. The van der Waals surface area contributed by atoms with Crippen molar-refractivity contribution in [3.05, 3.63) is 65.2 Å². The number of Topliss-reactive ketones (excluding diaryl/α,β-unsaturated/α-hetero) is 1. The lowest BCUT2D eigenvalue weighted by Crippen LogP contribution is -2.58. The Bertz CT molecular complexity index is 1090. The summed E-state index contributed by atoms with van der Waals surface area (Å²) >= 11 is 1.52. The number of aromatic nitrogens is 1. The Labute approximate surface area is 173 Å². The highest BCUT2D eigenvalue weighted by Gasteiger charge is 2.35. The van der Waals surface area contributed by atoms with Gasteiger partial charge in [0.25, 0.3) is 5.91 Å². The minimum atomic E-state index is -0.880. The number of hydrogen-bond acceptors (Lipinski definition) is 6. The molecule has 29 heavy (non-hydrogen) atoms. The second kappa shape index (κ2) is 8.11. The van der Waals surface area contributed by atoms with Crippen LogP contribution in [0.2, 0.25) is 0 Å². The summed E-state index contributed by atoms with van der Waals surface area (Å²) in [5.74, 6) is -0.247. The molecule has 1 aromatic heterocycles. The molecule has 146 valence electrons. The normalized spacial score (nSPS) is 18.3. The molecule has 1 aliphatic heterocycles. The Hall–Kier alpha value is -3.08. The summed E-state index contributed by atoms with van der Waals surface area (Å²) in [5.41, 5.74) is 3.65. The van der Waals surface area contributed by atoms with Crippen molar-refractivity contribution in [1.29, 1.82) is 5.26 Å². The molecule has 0 bridgehead atoms. The van der Waals surface area contributed by atoms with Crippen molar-refractivity contribution in [2.24, 2.45) is 0 Å². The maximum absolute atomic E-state index is 13.1. The molecular formula is C22H20N4O2S. The summed E-state index contributed by atoms with van der Waals surface area (Å²) in [6, 6.07) is 15.7. The summed E-state index contributed by atoms with van der Waals surface area (Å²) in [6.07, 6.45) is 0. The fourth-order valence-electron chi connectivity index (χ4n) is 3.76. The zero-order chi connectivity index (χ0) is 20.4. The number of fused-ring (bicyclic) bond motifs is 1. The van der Waals surface area contributed by atoms with Crippen molar-refractivity contribution in [2.45, 2.75) is 19.0 Å². The molecule has 2 unspecified atom stereocenters. The maximum Gasteiger partial charge on any atom is 0.253 e. The second-order valence-corrected chi connectivity index (χ2v) is 8.02.